The molecule has 1 aliphatic heterocycles. The average molecular weight is 384 g/mol. The molecule has 2 aliphatic rings. The van der Waals surface area contributed by atoms with E-state index in [-0.39, 0.29) is 35.4 Å². The Morgan fingerprint density at radius 2 is 1.96 bits per heavy atom. The summed E-state index contributed by atoms with van der Waals surface area (Å²) in [5.41, 5.74) is 1.08. The van der Waals surface area contributed by atoms with E-state index in [0.717, 1.165) is 5.56 Å². The highest BCUT2D eigenvalue weighted by Gasteiger charge is 2.33. The van der Waals surface area contributed by atoms with Gasteiger partial charge in [-0.05, 0) is 26.3 Å². The number of fused-ring (bicyclic) bond motifs is 1. The van der Waals surface area contributed by atoms with E-state index in [0.29, 0.717) is 37.2 Å². The zero-order valence-corrected chi connectivity index (χ0v) is 15.6. The summed E-state index contributed by atoms with van der Waals surface area (Å²) in [6, 6.07) is 5.15. The Bertz CT molecular complexity index is 938. The van der Waals surface area contributed by atoms with E-state index >= 15 is 0 Å². The third kappa shape index (κ3) is 3.29. The SMILES string of the molecule is CC1CN(c2ncnc(Oc3cccc4c3CCC4=O)c2[N+](=O)[O-])CC(C)O1. The number of hydrogen-bond acceptors (Lipinski definition) is 8. The minimum Gasteiger partial charge on any atom is -0.433 e. The molecule has 2 heterocycles. The van der Waals surface area contributed by atoms with Crippen LogP contribution in [-0.2, 0) is 11.2 Å². The summed E-state index contributed by atoms with van der Waals surface area (Å²) in [5, 5.41) is 11.9. The van der Waals surface area contributed by atoms with Crippen LogP contribution in [0.2, 0.25) is 0 Å². The van der Waals surface area contributed by atoms with Crippen molar-refractivity contribution in [2.45, 2.75) is 38.9 Å². The molecule has 9 heteroatoms. The Morgan fingerprint density at radius 1 is 1.21 bits per heavy atom. The number of carbonyl (C=O) groups is 1. The molecule has 0 radical (unpaired) electrons. The first-order valence-electron chi connectivity index (χ1n) is 9.16. The van der Waals surface area contributed by atoms with Gasteiger partial charge in [0.25, 0.3) is 0 Å². The van der Waals surface area contributed by atoms with Crippen molar-refractivity contribution in [1.29, 1.82) is 0 Å². The first-order valence-corrected chi connectivity index (χ1v) is 9.16. The predicted octanol–water partition coefficient (Wildman–Crippen LogP) is 2.92. The minimum absolute atomic E-state index is 0.0506. The second-order valence-corrected chi connectivity index (χ2v) is 7.08. The second kappa shape index (κ2) is 7.16. The number of benzene rings is 1. The molecule has 4 rings (SSSR count). The summed E-state index contributed by atoms with van der Waals surface area (Å²) < 4.78 is 11.6. The van der Waals surface area contributed by atoms with Crippen molar-refractivity contribution in [3.63, 3.8) is 0 Å². The van der Waals surface area contributed by atoms with Crippen LogP contribution < -0.4 is 9.64 Å². The lowest BCUT2D eigenvalue weighted by Gasteiger charge is -2.35. The highest BCUT2D eigenvalue weighted by molar-refractivity contribution is 6.01. The van der Waals surface area contributed by atoms with Crippen LogP contribution in [0, 0.1) is 10.1 Å². The molecule has 1 aromatic heterocycles. The Morgan fingerprint density at radius 3 is 2.68 bits per heavy atom. The number of rotatable bonds is 4. The van der Waals surface area contributed by atoms with Crippen LogP contribution in [-0.4, -0.2) is 46.0 Å². The van der Waals surface area contributed by atoms with E-state index < -0.39 is 4.92 Å². The van der Waals surface area contributed by atoms with Crippen molar-refractivity contribution >= 4 is 17.3 Å². The molecule has 0 bridgehead atoms. The molecular weight excluding hydrogens is 364 g/mol. The monoisotopic (exact) mass is 384 g/mol. The number of nitro groups is 1. The fourth-order valence-electron chi connectivity index (χ4n) is 3.83. The number of hydrogen-bond donors (Lipinski definition) is 0. The van der Waals surface area contributed by atoms with Crippen molar-refractivity contribution in [2.75, 3.05) is 18.0 Å². The van der Waals surface area contributed by atoms with Gasteiger partial charge >= 0.3 is 11.6 Å². The number of anilines is 1. The lowest BCUT2D eigenvalue weighted by molar-refractivity contribution is -0.385. The molecule has 1 aliphatic carbocycles. The molecule has 2 atom stereocenters. The van der Waals surface area contributed by atoms with Gasteiger partial charge in [-0.25, -0.2) is 4.98 Å². The molecule has 28 heavy (non-hydrogen) atoms. The van der Waals surface area contributed by atoms with E-state index in [4.69, 9.17) is 9.47 Å². The normalized spacial score (nSPS) is 21.5. The van der Waals surface area contributed by atoms with Crippen LogP contribution in [0.1, 0.15) is 36.2 Å². The maximum atomic E-state index is 12.0. The van der Waals surface area contributed by atoms with Gasteiger partial charge < -0.3 is 14.4 Å². The lowest BCUT2D eigenvalue weighted by atomic mass is 10.1. The molecule has 0 N–H and O–H groups in total. The Labute approximate surface area is 161 Å². The maximum Gasteiger partial charge on any atom is 0.373 e. The van der Waals surface area contributed by atoms with Crippen LogP contribution in [0.4, 0.5) is 11.5 Å². The second-order valence-electron chi connectivity index (χ2n) is 7.08. The Balaban J connectivity index is 1.73. The van der Waals surface area contributed by atoms with E-state index in [9.17, 15) is 14.9 Å². The number of carbonyl (C=O) groups excluding carboxylic acids is 1. The van der Waals surface area contributed by atoms with Crippen LogP contribution >= 0.6 is 0 Å². The van der Waals surface area contributed by atoms with Crippen LogP contribution in [0.15, 0.2) is 24.5 Å². The summed E-state index contributed by atoms with van der Waals surface area (Å²) >= 11 is 0. The fraction of sp³-hybridized carbons (Fsp3) is 0.421. The molecule has 1 saturated heterocycles. The molecule has 9 nitrogen and oxygen atoms in total. The fourth-order valence-corrected chi connectivity index (χ4v) is 3.83. The van der Waals surface area contributed by atoms with Crippen LogP contribution in [0.5, 0.6) is 11.6 Å². The molecule has 0 saturated carbocycles. The highest BCUT2D eigenvalue weighted by Crippen LogP contribution is 2.39. The summed E-state index contributed by atoms with van der Waals surface area (Å²) in [4.78, 5) is 33.3. The molecule has 2 aromatic rings. The first-order chi connectivity index (χ1) is 13.4. The Hall–Kier alpha value is -3.07. The zero-order valence-electron chi connectivity index (χ0n) is 15.6. The van der Waals surface area contributed by atoms with Gasteiger partial charge in [0.05, 0.1) is 17.1 Å². The molecule has 2 unspecified atom stereocenters. The van der Waals surface area contributed by atoms with Crippen molar-refractivity contribution < 1.29 is 19.2 Å². The number of aromatic nitrogens is 2. The van der Waals surface area contributed by atoms with Gasteiger partial charge in [0.1, 0.15) is 12.1 Å². The predicted molar refractivity (Wildman–Crippen MR) is 100 cm³/mol. The molecule has 0 amide bonds. The number of ketones is 1. The van der Waals surface area contributed by atoms with E-state index in [1.54, 1.807) is 18.2 Å². The summed E-state index contributed by atoms with van der Waals surface area (Å²) in [6.07, 6.45) is 2.07. The standard InChI is InChI=1S/C19H20N4O5/c1-11-8-22(9-12(2)27-11)18-17(23(25)26)19(21-10-20-18)28-16-5-3-4-13-14(16)6-7-15(13)24/h3-5,10-12H,6-9H2,1-2H3. The van der Waals surface area contributed by atoms with Crippen LogP contribution in [0.25, 0.3) is 0 Å². The lowest BCUT2D eigenvalue weighted by Crippen LogP contribution is -2.46. The van der Waals surface area contributed by atoms with Gasteiger partial charge in [-0.1, -0.05) is 12.1 Å². The van der Waals surface area contributed by atoms with Gasteiger partial charge in [0.15, 0.2) is 5.78 Å². The molecular formula is C19H20N4O5. The van der Waals surface area contributed by atoms with Gasteiger partial charge in [0, 0.05) is 30.6 Å². The smallest absolute Gasteiger partial charge is 0.373 e. The summed E-state index contributed by atoms with van der Waals surface area (Å²) in [7, 11) is 0. The van der Waals surface area contributed by atoms with Crippen molar-refractivity contribution in [3.8, 4) is 11.6 Å². The largest absolute Gasteiger partial charge is 0.433 e. The van der Waals surface area contributed by atoms with E-state index in [1.807, 2.05) is 18.7 Å². The van der Waals surface area contributed by atoms with Crippen molar-refractivity contribution in [3.05, 3.63) is 45.8 Å². The van der Waals surface area contributed by atoms with Crippen molar-refractivity contribution in [2.24, 2.45) is 0 Å². The van der Waals surface area contributed by atoms with Crippen LogP contribution in [0.3, 0.4) is 0 Å². The molecule has 0 spiro atoms. The number of nitrogens with zero attached hydrogens (tertiary/aromatic N) is 4. The number of Topliss-reactive ketones (excluding diaryl/α,β-unsaturated/α-hetero) is 1. The van der Waals surface area contributed by atoms with Crippen molar-refractivity contribution in [1.82, 2.24) is 9.97 Å². The highest BCUT2D eigenvalue weighted by atomic mass is 16.6. The summed E-state index contributed by atoms with van der Waals surface area (Å²) in [5.74, 6) is 0.546. The van der Waals surface area contributed by atoms with Gasteiger partial charge in [-0.3, -0.25) is 14.9 Å². The average Bonchev–Trinajstić information content (AvgIpc) is 3.03. The zero-order chi connectivity index (χ0) is 19.8. The topological polar surface area (TPSA) is 108 Å². The molecule has 1 aromatic carbocycles. The summed E-state index contributed by atoms with van der Waals surface area (Å²) in [6.45, 7) is 4.79. The molecule has 146 valence electrons. The van der Waals surface area contributed by atoms with Gasteiger partial charge in [-0.15, -0.1) is 0 Å². The number of ether oxygens (including phenoxy) is 2. The third-order valence-electron chi connectivity index (χ3n) is 4.91. The maximum absolute atomic E-state index is 12.0. The quantitative estimate of drug-likeness (QED) is 0.585. The van der Waals surface area contributed by atoms with E-state index in [2.05, 4.69) is 9.97 Å². The van der Waals surface area contributed by atoms with Gasteiger partial charge in [0.2, 0.25) is 5.82 Å². The third-order valence-corrected chi connectivity index (χ3v) is 4.91. The Kier molecular flexibility index (Phi) is 4.68. The first kappa shape index (κ1) is 18.3. The minimum atomic E-state index is -0.524. The number of morpholine rings is 1. The van der Waals surface area contributed by atoms with Gasteiger partial charge in [-0.2, -0.15) is 4.98 Å². The molecule has 1 fully saturated rings. The van der Waals surface area contributed by atoms with E-state index in [1.165, 1.54) is 6.33 Å².